The summed E-state index contributed by atoms with van der Waals surface area (Å²) in [5, 5.41) is 12.8. The molecule has 0 atom stereocenters. The molecule has 0 saturated carbocycles. The van der Waals surface area contributed by atoms with Crippen LogP contribution < -0.4 is 0 Å². The molecule has 6 nitrogen and oxygen atoms in total. The monoisotopic (exact) mass is 395 g/mol. The fourth-order valence-corrected chi connectivity index (χ4v) is 3.64. The molecular weight excluding hydrogens is 381 g/mol. The molecule has 3 rings (SSSR count). The van der Waals surface area contributed by atoms with Crippen LogP contribution in [0, 0.1) is 13.8 Å². The molecule has 130 valence electrons. The van der Waals surface area contributed by atoms with Crippen molar-refractivity contribution in [1.29, 1.82) is 0 Å². The van der Waals surface area contributed by atoms with Crippen LogP contribution in [0.5, 0.6) is 0 Å². The highest BCUT2D eigenvalue weighted by Gasteiger charge is 2.18. The topological polar surface area (TPSA) is 65.6 Å². The Bertz CT molecular complexity index is 950. The Morgan fingerprint density at radius 1 is 1.20 bits per heavy atom. The van der Waals surface area contributed by atoms with Gasteiger partial charge in [0.25, 0.3) is 0 Å². The van der Waals surface area contributed by atoms with Crippen molar-refractivity contribution in [1.82, 2.24) is 24.8 Å². The molecule has 0 N–H and O–H groups in total. The molecule has 0 fully saturated rings. The lowest BCUT2D eigenvalue weighted by Crippen LogP contribution is -2.06. The number of tetrazole rings is 1. The zero-order valence-corrected chi connectivity index (χ0v) is 16.2. The van der Waals surface area contributed by atoms with Gasteiger partial charge in [-0.15, -0.1) is 5.10 Å². The van der Waals surface area contributed by atoms with E-state index in [9.17, 15) is 4.79 Å². The van der Waals surface area contributed by atoms with Crippen molar-refractivity contribution in [2.45, 2.75) is 19.0 Å². The molecule has 0 aliphatic heterocycles. The molecule has 0 unspecified atom stereocenters. The Labute approximate surface area is 159 Å². The van der Waals surface area contributed by atoms with Crippen molar-refractivity contribution in [3.63, 3.8) is 0 Å². The molecule has 3 aromatic rings. The van der Waals surface area contributed by atoms with Crippen molar-refractivity contribution in [2.24, 2.45) is 7.05 Å². The lowest BCUT2D eigenvalue weighted by molar-refractivity contribution is 0.102. The van der Waals surface area contributed by atoms with Crippen molar-refractivity contribution in [3.05, 3.63) is 51.3 Å². The van der Waals surface area contributed by atoms with Gasteiger partial charge >= 0.3 is 0 Å². The number of hydrogen-bond donors (Lipinski definition) is 0. The van der Waals surface area contributed by atoms with Crippen LogP contribution >= 0.6 is 35.0 Å². The summed E-state index contributed by atoms with van der Waals surface area (Å²) in [6.07, 6.45) is 0. The van der Waals surface area contributed by atoms with Crippen molar-refractivity contribution in [3.8, 4) is 5.69 Å². The van der Waals surface area contributed by atoms with E-state index >= 15 is 0 Å². The van der Waals surface area contributed by atoms with Gasteiger partial charge in [0, 0.05) is 29.7 Å². The van der Waals surface area contributed by atoms with E-state index in [4.69, 9.17) is 23.2 Å². The predicted molar refractivity (Wildman–Crippen MR) is 99.1 cm³/mol. The molecule has 0 saturated heterocycles. The summed E-state index contributed by atoms with van der Waals surface area (Å²) in [5.74, 6) is 0.285. The van der Waals surface area contributed by atoms with Gasteiger partial charge < -0.3 is 4.57 Å². The second-order valence-corrected chi connectivity index (χ2v) is 7.27. The molecule has 2 aromatic heterocycles. The molecule has 0 aliphatic carbocycles. The largest absolute Gasteiger partial charge is 0.318 e. The van der Waals surface area contributed by atoms with Gasteiger partial charge in [-0.05, 0) is 48.5 Å². The van der Waals surface area contributed by atoms with E-state index in [1.165, 1.54) is 16.4 Å². The number of benzene rings is 1. The minimum Gasteiger partial charge on any atom is -0.318 e. The normalized spacial score (nSPS) is 11.1. The standard InChI is InChI=1S/C16H15Cl2N5OS/c1-9-6-12(15(24)8-25-16-19-20-21-22(16)3)10(2)23(9)11-4-5-13(17)14(18)7-11/h4-7H,8H2,1-3H3. The average Bonchev–Trinajstić information content (AvgIpc) is 3.11. The molecule has 0 spiro atoms. The van der Waals surface area contributed by atoms with E-state index < -0.39 is 0 Å². The van der Waals surface area contributed by atoms with Crippen molar-refractivity contribution >= 4 is 40.7 Å². The van der Waals surface area contributed by atoms with E-state index in [0.29, 0.717) is 20.8 Å². The Morgan fingerprint density at radius 3 is 2.60 bits per heavy atom. The van der Waals surface area contributed by atoms with Gasteiger partial charge in [-0.1, -0.05) is 35.0 Å². The predicted octanol–water partition coefficient (Wildman–Crippen LogP) is 3.90. The number of rotatable bonds is 5. The Balaban J connectivity index is 1.87. The summed E-state index contributed by atoms with van der Waals surface area (Å²) in [5.41, 5.74) is 3.35. The first kappa shape index (κ1) is 18.0. The number of thioether (sulfide) groups is 1. The Morgan fingerprint density at radius 2 is 1.96 bits per heavy atom. The van der Waals surface area contributed by atoms with Crippen LogP contribution in [0.25, 0.3) is 5.69 Å². The first-order valence-corrected chi connectivity index (χ1v) is 9.15. The molecule has 9 heteroatoms. The van der Waals surface area contributed by atoms with Crippen molar-refractivity contribution < 1.29 is 4.79 Å². The first-order valence-electron chi connectivity index (χ1n) is 7.41. The van der Waals surface area contributed by atoms with Crippen LogP contribution in [-0.4, -0.2) is 36.3 Å². The Hall–Kier alpha value is -1.83. The fourth-order valence-electron chi connectivity index (χ4n) is 2.62. The zero-order chi connectivity index (χ0) is 18.1. The van der Waals surface area contributed by atoms with Gasteiger partial charge in [0.15, 0.2) is 5.78 Å². The summed E-state index contributed by atoms with van der Waals surface area (Å²) in [4.78, 5) is 12.6. The third kappa shape index (κ3) is 3.58. The molecule has 25 heavy (non-hydrogen) atoms. The lowest BCUT2D eigenvalue weighted by Gasteiger charge is -2.11. The van der Waals surface area contributed by atoms with E-state index in [-0.39, 0.29) is 11.5 Å². The van der Waals surface area contributed by atoms with Gasteiger partial charge in [0.05, 0.1) is 15.8 Å². The number of carbonyl (C=O) groups excluding carboxylic acids is 1. The third-order valence-electron chi connectivity index (χ3n) is 3.81. The van der Waals surface area contributed by atoms with E-state index in [1.807, 2.05) is 30.5 Å². The molecule has 1 aromatic carbocycles. The van der Waals surface area contributed by atoms with Crippen LogP contribution in [-0.2, 0) is 7.05 Å². The van der Waals surface area contributed by atoms with Gasteiger partial charge in [-0.2, -0.15) is 0 Å². The number of halogens is 2. The summed E-state index contributed by atoms with van der Waals surface area (Å²) in [7, 11) is 1.74. The quantitative estimate of drug-likeness (QED) is 0.484. The highest BCUT2D eigenvalue weighted by molar-refractivity contribution is 7.99. The van der Waals surface area contributed by atoms with Gasteiger partial charge in [-0.3, -0.25) is 4.79 Å². The molecule has 0 amide bonds. The Kier molecular flexibility index (Phi) is 5.17. The SMILES string of the molecule is Cc1cc(C(=O)CSc2nnnn2C)c(C)n1-c1ccc(Cl)c(Cl)c1. The third-order valence-corrected chi connectivity index (χ3v) is 5.56. The maximum Gasteiger partial charge on any atom is 0.209 e. The van der Waals surface area contributed by atoms with Crippen molar-refractivity contribution in [2.75, 3.05) is 5.75 Å². The van der Waals surface area contributed by atoms with Gasteiger partial charge in [-0.25, -0.2) is 4.68 Å². The number of ketones is 1. The second kappa shape index (κ2) is 7.19. The van der Waals surface area contributed by atoms with E-state index in [0.717, 1.165) is 17.1 Å². The van der Waals surface area contributed by atoms with Crippen LogP contribution in [0.4, 0.5) is 0 Å². The maximum atomic E-state index is 12.6. The first-order chi connectivity index (χ1) is 11.9. The van der Waals surface area contributed by atoms with E-state index in [1.54, 1.807) is 19.2 Å². The number of hydrogen-bond acceptors (Lipinski definition) is 5. The van der Waals surface area contributed by atoms with E-state index in [2.05, 4.69) is 15.5 Å². The molecule has 0 radical (unpaired) electrons. The minimum atomic E-state index is 0.0208. The zero-order valence-electron chi connectivity index (χ0n) is 13.8. The lowest BCUT2D eigenvalue weighted by atomic mass is 10.2. The number of nitrogens with zero attached hydrogens (tertiary/aromatic N) is 5. The summed E-state index contributed by atoms with van der Waals surface area (Å²) >= 11 is 13.4. The summed E-state index contributed by atoms with van der Waals surface area (Å²) in [6.45, 7) is 3.86. The van der Waals surface area contributed by atoms with Crippen LogP contribution in [0.15, 0.2) is 29.4 Å². The van der Waals surface area contributed by atoms with Crippen LogP contribution in [0.2, 0.25) is 10.0 Å². The number of Topliss-reactive ketones (excluding diaryl/α,β-unsaturated/α-hetero) is 1. The minimum absolute atomic E-state index is 0.0208. The highest BCUT2D eigenvalue weighted by Crippen LogP contribution is 2.28. The summed E-state index contributed by atoms with van der Waals surface area (Å²) in [6, 6.07) is 7.30. The molecule has 2 heterocycles. The molecular formula is C16H15Cl2N5OS. The van der Waals surface area contributed by atoms with Gasteiger partial charge in [0.2, 0.25) is 5.16 Å². The smallest absolute Gasteiger partial charge is 0.209 e. The average molecular weight is 396 g/mol. The maximum absolute atomic E-state index is 12.6. The second-order valence-electron chi connectivity index (χ2n) is 5.52. The van der Waals surface area contributed by atoms with Gasteiger partial charge in [0.1, 0.15) is 0 Å². The fraction of sp³-hybridized carbons (Fsp3) is 0.250. The van der Waals surface area contributed by atoms with Crippen LogP contribution in [0.1, 0.15) is 21.7 Å². The number of aromatic nitrogens is 5. The number of carbonyl (C=O) groups is 1. The van der Waals surface area contributed by atoms with Crippen LogP contribution in [0.3, 0.4) is 0 Å². The molecule has 0 aliphatic rings. The molecule has 0 bridgehead atoms. The number of aryl methyl sites for hydroxylation is 2. The highest BCUT2D eigenvalue weighted by atomic mass is 35.5. The summed E-state index contributed by atoms with van der Waals surface area (Å²) < 4.78 is 3.53.